The Hall–Kier alpha value is -4.56. The fourth-order valence-corrected chi connectivity index (χ4v) is 3.52. The minimum absolute atomic E-state index is 0.124. The van der Waals surface area contributed by atoms with Crippen LogP contribution >= 0.6 is 0 Å². The highest BCUT2D eigenvalue weighted by Crippen LogP contribution is 2.10. The Morgan fingerprint density at radius 1 is 0.949 bits per heavy atom. The van der Waals surface area contributed by atoms with E-state index in [1.807, 2.05) is 6.07 Å². The van der Waals surface area contributed by atoms with E-state index in [2.05, 4.69) is 27.8 Å². The molecule has 2 unspecified atom stereocenters. The van der Waals surface area contributed by atoms with Gasteiger partial charge in [-0.3, -0.25) is 19.6 Å². The topological polar surface area (TPSA) is 140 Å². The largest absolute Gasteiger partial charge is 0.391 e. The van der Waals surface area contributed by atoms with E-state index in [9.17, 15) is 23.9 Å². The first kappa shape index (κ1) is 29.0. The summed E-state index contributed by atoms with van der Waals surface area (Å²) in [7, 11) is 0. The molecule has 0 saturated heterocycles. The monoisotopic (exact) mass is 532 g/mol. The number of hydroxylamine groups is 1. The molecule has 10 heteroatoms. The quantitative estimate of drug-likeness (QED) is 0.102. The average Bonchev–Trinajstić information content (AvgIpc) is 2.93. The van der Waals surface area contributed by atoms with Crippen LogP contribution in [0.1, 0.15) is 34.0 Å². The summed E-state index contributed by atoms with van der Waals surface area (Å²) in [5.41, 5.74) is 4.51. The third kappa shape index (κ3) is 9.36. The third-order valence-corrected chi connectivity index (χ3v) is 5.59. The molecule has 0 fully saturated rings. The molecule has 2 atom stereocenters. The highest BCUT2D eigenvalue weighted by molar-refractivity contribution is 5.97. The van der Waals surface area contributed by atoms with E-state index >= 15 is 0 Å². The van der Waals surface area contributed by atoms with Crippen molar-refractivity contribution in [2.24, 2.45) is 0 Å². The van der Waals surface area contributed by atoms with Gasteiger partial charge in [0.15, 0.2) is 0 Å². The molecule has 202 valence electrons. The minimum Gasteiger partial charge on any atom is -0.391 e. The molecule has 0 radical (unpaired) electrons. The van der Waals surface area contributed by atoms with E-state index in [-0.39, 0.29) is 23.8 Å². The average molecular weight is 533 g/mol. The van der Waals surface area contributed by atoms with Gasteiger partial charge >= 0.3 is 0 Å². The summed E-state index contributed by atoms with van der Waals surface area (Å²) in [4.78, 5) is 36.1. The summed E-state index contributed by atoms with van der Waals surface area (Å²) in [6, 6.07) is 18.4. The molecule has 3 amide bonds. The molecule has 0 bridgehead atoms. The van der Waals surface area contributed by atoms with Gasteiger partial charge < -0.3 is 21.1 Å². The molecule has 3 aromatic carbocycles. The van der Waals surface area contributed by atoms with Gasteiger partial charge in [-0.1, -0.05) is 24.0 Å². The molecule has 0 saturated carbocycles. The molecule has 0 aromatic heterocycles. The second kappa shape index (κ2) is 14.4. The van der Waals surface area contributed by atoms with Crippen LogP contribution in [0.5, 0.6) is 0 Å². The van der Waals surface area contributed by atoms with Crippen molar-refractivity contribution in [1.29, 1.82) is 0 Å². The highest BCUT2D eigenvalue weighted by atomic mass is 19.1. The molecule has 6 N–H and O–H groups in total. The lowest BCUT2D eigenvalue weighted by molar-refractivity contribution is -0.133. The number of aliphatic hydroxyl groups excluding tert-OH is 1. The van der Waals surface area contributed by atoms with Crippen LogP contribution in [0.4, 0.5) is 10.1 Å². The van der Waals surface area contributed by atoms with Crippen molar-refractivity contribution in [2.75, 3.05) is 18.4 Å². The molecule has 0 aliphatic carbocycles. The lowest BCUT2D eigenvalue weighted by atomic mass is 10.1. The number of halogens is 1. The molecule has 39 heavy (non-hydrogen) atoms. The van der Waals surface area contributed by atoms with Crippen molar-refractivity contribution in [2.45, 2.75) is 25.5 Å². The van der Waals surface area contributed by atoms with E-state index in [4.69, 9.17) is 5.21 Å². The number of hydrogen-bond acceptors (Lipinski definition) is 6. The summed E-state index contributed by atoms with van der Waals surface area (Å²) in [6.07, 6.45) is -0.595. The van der Waals surface area contributed by atoms with Gasteiger partial charge in [0.05, 0.1) is 12.6 Å². The van der Waals surface area contributed by atoms with Crippen molar-refractivity contribution < 1.29 is 29.1 Å². The van der Waals surface area contributed by atoms with Gasteiger partial charge in [0.2, 0.25) is 5.91 Å². The number of anilines is 1. The van der Waals surface area contributed by atoms with Gasteiger partial charge in [-0.15, -0.1) is 0 Å². The van der Waals surface area contributed by atoms with Gasteiger partial charge in [-0.05, 0) is 86.1 Å². The zero-order chi connectivity index (χ0) is 28.2. The van der Waals surface area contributed by atoms with Crippen molar-refractivity contribution in [1.82, 2.24) is 16.1 Å². The fraction of sp³-hybridized carbons (Fsp3) is 0.207. The van der Waals surface area contributed by atoms with Crippen molar-refractivity contribution >= 4 is 23.4 Å². The first-order chi connectivity index (χ1) is 18.7. The van der Waals surface area contributed by atoms with Gasteiger partial charge in [0.1, 0.15) is 11.9 Å². The Balaban J connectivity index is 1.47. The summed E-state index contributed by atoms with van der Waals surface area (Å²) in [5, 5.41) is 26.6. The molecule has 3 rings (SSSR count). The smallest absolute Gasteiger partial charge is 0.268 e. The molecule has 9 nitrogen and oxygen atoms in total. The number of carbonyl (C=O) groups is 3. The van der Waals surface area contributed by atoms with Gasteiger partial charge in [-0.25, -0.2) is 9.87 Å². The Morgan fingerprint density at radius 2 is 1.59 bits per heavy atom. The molecular formula is C29H29FN4O5. The normalized spacial score (nSPS) is 11.9. The maximum Gasteiger partial charge on any atom is 0.268 e. The van der Waals surface area contributed by atoms with Crippen LogP contribution in [0.2, 0.25) is 0 Å². The molecule has 0 spiro atoms. The standard InChI is InChI=1S/C29H29FN4O5/c1-19(35)27(29(38)34-39)33-28(37)23-11-7-20(8-12-23)5-6-21-9-13-25(14-10-21)32-26(36)18-31-16-15-22-3-2-4-24(30)17-22/h2-4,7-14,17,19,27,31,35,39H,15-16,18H2,1H3,(H,32,36)(H,33,37)(H,34,38). The van der Waals surface area contributed by atoms with Gasteiger partial charge in [0.25, 0.3) is 11.8 Å². The number of carbonyl (C=O) groups excluding carboxylic acids is 3. The Bertz CT molecular complexity index is 1350. The fourth-order valence-electron chi connectivity index (χ4n) is 3.52. The third-order valence-electron chi connectivity index (χ3n) is 5.59. The van der Waals surface area contributed by atoms with E-state index in [1.54, 1.807) is 42.5 Å². The van der Waals surface area contributed by atoms with Crippen LogP contribution in [0.3, 0.4) is 0 Å². The summed E-state index contributed by atoms with van der Waals surface area (Å²) >= 11 is 0. The molecule has 0 heterocycles. The van der Waals surface area contributed by atoms with E-state index < -0.39 is 24.0 Å². The zero-order valence-electron chi connectivity index (χ0n) is 21.2. The van der Waals surface area contributed by atoms with Crippen molar-refractivity contribution in [3.8, 4) is 11.8 Å². The number of amides is 3. The maximum absolute atomic E-state index is 13.2. The van der Waals surface area contributed by atoms with Crippen LogP contribution in [0, 0.1) is 17.7 Å². The van der Waals surface area contributed by atoms with E-state index in [1.165, 1.54) is 36.7 Å². The van der Waals surface area contributed by atoms with Crippen LogP contribution < -0.4 is 21.4 Å². The lowest BCUT2D eigenvalue weighted by Gasteiger charge is -2.19. The Kier molecular flexibility index (Phi) is 10.7. The number of rotatable bonds is 10. The summed E-state index contributed by atoms with van der Waals surface area (Å²) in [5.74, 6) is 3.99. The first-order valence-corrected chi connectivity index (χ1v) is 12.1. The predicted molar refractivity (Wildman–Crippen MR) is 143 cm³/mol. The SMILES string of the molecule is CC(O)C(NC(=O)c1ccc(C#Cc2ccc(NC(=O)CNCCc3cccc(F)c3)cc2)cc1)C(=O)NO. The highest BCUT2D eigenvalue weighted by Gasteiger charge is 2.25. The molecule has 0 aliphatic rings. The van der Waals surface area contributed by atoms with Gasteiger partial charge in [0, 0.05) is 22.4 Å². The molecular weight excluding hydrogens is 503 g/mol. The van der Waals surface area contributed by atoms with Crippen molar-refractivity contribution in [3.05, 3.63) is 101 Å². The first-order valence-electron chi connectivity index (χ1n) is 12.1. The molecule has 3 aromatic rings. The second-order valence-electron chi connectivity index (χ2n) is 8.68. The number of benzene rings is 3. The summed E-state index contributed by atoms with van der Waals surface area (Å²) < 4.78 is 13.2. The van der Waals surface area contributed by atoms with Crippen LogP contribution in [0.25, 0.3) is 0 Å². The number of aliphatic hydroxyl groups is 1. The molecule has 0 aliphatic heterocycles. The van der Waals surface area contributed by atoms with Crippen LogP contribution in [0.15, 0.2) is 72.8 Å². The lowest BCUT2D eigenvalue weighted by Crippen LogP contribution is -2.51. The van der Waals surface area contributed by atoms with E-state index in [0.717, 1.165) is 11.1 Å². The van der Waals surface area contributed by atoms with Gasteiger partial charge in [-0.2, -0.15) is 0 Å². The Labute approximate surface area is 225 Å². The Morgan fingerprint density at radius 3 is 2.18 bits per heavy atom. The van der Waals surface area contributed by atoms with Crippen molar-refractivity contribution in [3.63, 3.8) is 0 Å². The van der Waals surface area contributed by atoms with Crippen LogP contribution in [-0.4, -0.2) is 53.3 Å². The predicted octanol–water partition coefficient (Wildman–Crippen LogP) is 1.98. The second-order valence-corrected chi connectivity index (χ2v) is 8.68. The maximum atomic E-state index is 13.2. The summed E-state index contributed by atoms with van der Waals surface area (Å²) in [6.45, 7) is 1.98. The number of hydrogen-bond donors (Lipinski definition) is 6. The number of nitrogens with one attached hydrogen (secondary N) is 4. The zero-order valence-corrected chi connectivity index (χ0v) is 21.2. The van der Waals surface area contributed by atoms with E-state index in [0.29, 0.717) is 24.2 Å². The minimum atomic E-state index is -1.31. The van der Waals surface area contributed by atoms with Crippen LogP contribution in [-0.2, 0) is 16.0 Å².